The summed E-state index contributed by atoms with van der Waals surface area (Å²) in [5.74, 6) is 0.0449. The number of fused-ring (bicyclic) bond motifs is 1. The second kappa shape index (κ2) is 6.71. The number of benzene rings is 2. The second-order valence-electron chi connectivity index (χ2n) is 5.14. The summed E-state index contributed by atoms with van der Waals surface area (Å²) in [6, 6.07) is 16.1. The molecule has 2 N–H and O–H groups in total. The van der Waals surface area contributed by atoms with Crippen LogP contribution < -0.4 is 5.32 Å². The van der Waals surface area contributed by atoms with Gasteiger partial charge in [0.25, 0.3) is 0 Å². The fourth-order valence-electron chi connectivity index (χ4n) is 2.51. The monoisotopic (exact) mass is 310 g/mol. The molecule has 0 bridgehead atoms. The maximum atomic E-state index is 12.1. The normalized spacial score (nSPS) is 10.8. The van der Waals surface area contributed by atoms with E-state index in [9.17, 15) is 4.79 Å². The maximum Gasteiger partial charge on any atom is 0.224 e. The molecule has 0 aliphatic rings. The molecule has 0 fully saturated rings. The zero-order chi connectivity index (χ0) is 15.4. The van der Waals surface area contributed by atoms with Crippen molar-refractivity contribution in [1.29, 1.82) is 0 Å². The molecule has 3 rings (SSSR count). The van der Waals surface area contributed by atoms with Crippen LogP contribution in [0, 0.1) is 0 Å². The number of aromatic amines is 1. The van der Waals surface area contributed by atoms with Crippen LogP contribution in [0.2, 0.25) is 0 Å². The third kappa shape index (κ3) is 3.34. The average Bonchev–Trinajstić information content (AvgIpc) is 2.96. The Hall–Kier alpha value is -2.20. The van der Waals surface area contributed by atoms with Crippen LogP contribution >= 0.6 is 11.8 Å². The van der Waals surface area contributed by atoms with Crippen molar-refractivity contribution in [2.75, 3.05) is 11.6 Å². The minimum Gasteiger partial charge on any atom is -0.361 e. The Bertz CT molecular complexity index is 794. The highest BCUT2D eigenvalue weighted by atomic mass is 32.2. The predicted molar refractivity (Wildman–Crippen MR) is 93.5 cm³/mol. The number of carbonyl (C=O) groups is 1. The zero-order valence-electron chi connectivity index (χ0n) is 12.4. The highest BCUT2D eigenvalue weighted by Gasteiger charge is 2.07. The van der Waals surface area contributed by atoms with Gasteiger partial charge < -0.3 is 10.3 Å². The minimum absolute atomic E-state index is 0.0449. The molecule has 4 heteroatoms. The maximum absolute atomic E-state index is 12.1. The van der Waals surface area contributed by atoms with Gasteiger partial charge in [-0.25, -0.2) is 0 Å². The number of rotatable bonds is 5. The topological polar surface area (TPSA) is 44.9 Å². The molecule has 2 aromatic carbocycles. The Labute approximate surface area is 134 Å². The Kier molecular flexibility index (Phi) is 4.49. The van der Waals surface area contributed by atoms with Crippen LogP contribution in [0.3, 0.4) is 0 Å². The van der Waals surface area contributed by atoms with Crippen molar-refractivity contribution >= 4 is 34.3 Å². The van der Waals surface area contributed by atoms with Crippen molar-refractivity contribution in [2.24, 2.45) is 0 Å². The van der Waals surface area contributed by atoms with Gasteiger partial charge in [0.1, 0.15) is 0 Å². The molecule has 0 saturated heterocycles. The fourth-order valence-corrected chi connectivity index (χ4v) is 2.97. The van der Waals surface area contributed by atoms with E-state index in [1.54, 1.807) is 11.8 Å². The van der Waals surface area contributed by atoms with Gasteiger partial charge in [-0.15, -0.1) is 11.8 Å². The number of hydrogen-bond acceptors (Lipinski definition) is 2. The minimum atomic E-state index is 0.0449. The summed E-state index contributed by atoms with van der Waals surface area (Å²) in [4.78, 5) is 16.5. The van der Waals surface area contributed by atoms with Crippen LogP contribution in [0.1, 0.15) is 12.0 Å². The standard InChI is InChI=1S/C18H18N2OS/c1-22-15-6-4-5-14(11-15)20-18(21)10-9-13-12-19-17-8-3-2-7-16(13)17/h2-8,11-12,19H,9-10H2,1H3,(H,20,21). The number of H-pyrrole nitrogens is 1. The number of nitrogens with one attached hydrogen (secondary N) is 2. The van der Waals surface area contributed by atoms with E-state index in [0.29, 0.717) is 6.42 Å². The number of para-hydroxylation sites is 1. The van der Waals surface area contributed by atoms with Gasteiger partial charge >= 0.3 is 0 Å². The molecule has 1 heterocycles. The summed E-state index contributed by atoms with van der Waals surface area (Å²) in [6.07, 6.45) is 5.23. The molecule has 112 valence electrons. The van der Waals surface area contributed by atoms with Crippen LogP contribution in [0.5, 0.6) is 0 Å². The first kappa shape index (κ1) is 14.7. The predicted octanol–water partition coefficient (Wildman–Crippen LogP) is 4.46. The summed E-state index contributed by atoms with van der Waals surface area (Å²) in [6.45, 7) is 0. The lowest BCUT2D eigenvalue weighted by atomic mass is 10.1. The Morgan fingerprint density at radius 3 is 2.91 bits per heavy atom. The van der Waals surface area contributed by atoms with Crippen LogP contribution in [0.25, 0.3) is 10.9 Å². The third-order valence-electron chi connectivity index (χ3n) is 3.65. The van der Waals surface area contributed by atoms with Gasteiger partial charge in [-0.2, -0.15) is 0 Å². The molecule has 0 spiro atoms. The third-order valence-corrected chi connectivity index (χ3v) is 4.38. The van der Waals surface area contributed by atoms with Crippen molar-refractivity contribution in [3.8, 4) is 0 Å². The Morgan fingerprint density at radius 1 is 1.18 bits per heavy atom. The van der Waals surface area contributed by atoms with Crippen molar-refractivity contribution in [3.63, 3.8) is 0 Å². The molecule has 0 aliphatic heterocycles. The van der Waals surface area contributed by atoms with Gasteiger partial charge in [-0.05, 0) is 42.5 Å². The summed E-state index contributed by atoms with van der Waals surface area (Å²) in [7, 11) is 0. The van der Waals surface area contributed by atoms with Crippen LogP contribution in [0.4, 0.5) is 5.69 Å². The molecule has 0 saturated carbocycles. The first-order valence-corrected chi connectivity index (χ1v) is 8.47. The van der Waals surface area contributed by atoms with Gasteiger partial charge in [0.15, 0.2) is 0 Å². The van der Waals surface area contributed by atoms with Gasteiger partial charge in [0.2, 0.25) is 5.91 Å². The van der Waals surface area contributed by atoms with E-state index < -0.39 is 0 Å². The highest BCUT2D eigenvalue weighted by Crippen LogP contribution is 2.21. The lowest BCUT2D eigenvalue weighted by Crippen LogP contribution is -2.12. The molecular weight excluding hydrogens is 292 g/mol. The SMILES string of the molecule is CSc1cccc(NC(=O)CCc2c[nH]c3ccccc23)c1. The summed E-state index contributed by atoms with van der Waals surface area (Å²) in [5.41, 5.74) is 3.16. The van der Waals surface area contributed by atoms with Crippen molar-refractivity contribution in [1.82, 2.24) is 4.98 Å². The Balaban J connectivity index is 1.62. The Morgan fingerprint density at radius 2 is 2.05 bits per heavy atom. The van der Waals surface area contributed by atoms with E-state index in [1.165, 1.54) is 10.9 Å². The fraction of sp³-hybridized carbons (Fsp3) is 0.167. The number of aryl methyl sites for hydroxylation is 1. The van der Waals surface area contributed by atoms with E-state index in [0.717, 1.165) is 22.5 Å². The van der Waals surface area contributed by atoms with Crippen LogP contribution in [0.15, 0.2) is 59.6 Å². The quantitative estimate of drug-likeness (QED) is 0.683. The van der Waals surface area contributed by atoms with Crippen molar-refractivity contribution < 1.29 is 4.79 Å². The molecule has 3 aromatic rings. The van der Waals surface area contributed by atoms with Crippen LogP contribution in [-0.4, -0.2) is 17.1 Å². The zero-order valence-corrected chi connectivity index (χ0v) is 13.2. The van der Waals surface area contributed by atoms with E-state index in [4.69, 9.17) is 0 Å². The summed E-state index contributed by atoms with van der Waals surface area (Å²) < 4.78 is 0. The van der Waals surface area contributed by atoms with E-state index >= 15 is 0 Å². The first-order chi connectivity index (χ1) is 10.8. The number of aromatic nitrogens is 1. The number of carbonyl (C=O) groups excluding carboxylic acids is 1. The van der Waals surface area contributed by atoms with E-state index in [-0.39, 0.29) is 5.91 Å². The smallest absolute Gasteiger partial charge is 0.224 e. The molecule has 0 unspecified atom stereocenters. The number of anilines is 1. The molecular formula is C18H18N2OS. The molecule has 0 atom stereocenters. The van der Waals surface area contributed by atoms with E-state index in [2.05, 4.69) is 16.4 Å². The van der Waals surface area contributed by atoms with Crippen molar-refractivity contribution in [2.45, 2.75) is 17.7 Å². The lowest BCUT2D eigenvalue weighted by Gasteiger charge is -2.06. The molecule has 0 radical (unpaired) electrons. The molecule has 22 heavy (non-hydrogen) atoms. The summed E-state index contributed by atoms with van der Waals surface area (Å²) in [5, 5.41) is 4.16. The second-order valence-corrected chi connectivity index (χ2v) is 6.02. The lowest BCUT2D eigenvalue weighted by molar-refractivity contribution is -0.116. The van der Waals surface area contributed by atoms with Gasteiger partial charge in [-0.1, -0.05) is 24.3 Å². The largest absolute Gasteiger partial charge is 0.361 e. The van der Waals surface area contributed by atoms with Crippen LogP contribution in [-0.2, 0) is 11.2 Å². The first-order valence-electron chi connectivity index (χ1n) is 7.25. The average molecular weight is 310 g/mol. The number of thioether (sulfide) groups is 1. The number of amides is 1. The van der Waals surface area contributed by atoms with E-state index in [1.807, 2.05) is 54.9 Å². The molecule has 0 aliphatic carbocycles. The van der Waals surface area contributed by atoms with Crippen molar-refractivity contribution in [3.05, 3.63) is 60.3 Å². The highest BCUT2D eigenvalue weighted by molar-refractivity contribution is 7.98. The molecule has 1 amide bonds. The number of hydrogen-bond donors (Lipinski definition) is 2. The molecule has 1 aromatic heterocycles. The van der Waals surface area contributed by atoms with Gasteiger partial charge in [-0.3, -0.25) is 4.79 Å². The molecule has 3 nitrogen and oxygen atoms in total. The van der Waals surface area contributed by atoms with Gasteiger partial charge in [0, 0.05) is 34.1 Å². The summed E-state index contributed by atoms with van der Waals surface area (Å²) >= 11 is 1.67. The van der Waals surface area contributed by atoms with Gasteiger partial charge in [0.05, 0.1) is 0 Å².